The molecular formula is C29H43N3O3. The maximum absolute atomic E-state index is 11.7. The number of rotatable bonds is 11. The first-order valence-corrected chi connectivity index (χ1v) is 12.9. The van der Waals surface area contributed by atoms with Crippen LogP contribution in [-0.2, 0) is 9.59 Å². The molecule has 0 fully saturated rings. The Morgan fingerprint density at radius 1 is 1.20 bits per heavy atom. The van der Waals surface area contributed by atoms with E-state index < -0.39 is 6.04 Å². The molecule has 0 saturated heterocycles. The molecule has 0 saturated carbocycles. The monoisotopic (exact) mass is 481 g/mol. The fourth-order valence-corrected chi connectivity index (χ4v) is 4.28. The molecule has 0 spiro atoms. The van der Waals surface area contributed by atoms with Gasteiger partial charge in [-0.1, -0.05) is 75.1 Å². The van der Waals surface area contributed by atoms with Crippen LogP contribution in [0.15, 0.2) is 52.3 Å². The van der Waals surface area contributed by atoms with Crippen LogP contribution in [0.25, 0.3) is 0 Å². The van der Waals surface area contributed by atoms with Gasteiger partial charge in [-0.05, 0) is 69.4 Å². The summed E-state index contributed by atoms with van der Waals surface area (Å²) < 4.78 is 0. The van der Waals surface area contributed by atoms with Gasteiger partial charge >= 0.3 is 0 Å². The second-order valence-corrected chi connectivity index (χ2v) is 9.93. The average Bonchev–Trinajstić information content (AvgIpc) is 2.86. The molecule has 5 unspecified atom stereocenters. The van der Waals surface area contributed by atoms with Gasteiger partial charge in [0, 0.05) is 5.57 Å². The van der Waals surface area contributed by atoms with Crippen molar-refractivity contribution in [2.24, 2.45) is 22.9 Å². The van der Waals surface area contributed by atoms with Gasteiger partial charge in [0.15, 0.2) is 5.78 Å². The minimum atomic E-state index is -0.527. The van der Waals surface area contributed by atoms with Crippen LogP contribution < -0.4 is 5.32 Å². The molecule has 0 aromatic rings. The summed E-state index contributed by atoms with van der Waals surface area (Å²) in [6.07, 6.45) is 16.8. The highest BCUT2D eigenvalue weighted by atomic mass is 16.3. The smallest absolute Gasteiger partial charge is 0.222 e. The Morgan fingerprint density at radius 2 is 1.91 bits per heavy atom. The van der Waals surface area contributed by atoms with E-state index in [2.05, 4.69) is 49.5 Å². The minimum absolute atomic E-state index is 0.0147. The molecule has 1 amide bonds. The molecule has 0 radical (unpaired) electrons. The van der Waals surface area contributed by atoms with Crippen molar-refractivity contribution in [1.29, 1.82) is 5.26 Å². The molecule has 6 nitrogen and oxygen atoms in total. The molecule has 2 rings (SSSR count). The lowest BCUT2D eigenvalue weighted by molar-refractivity contribution is -0.122. The third kappa shape index (κ3) is 11.0. The summed E-state index contributed by atoms with van der Waals surface area (Å²) in [4.78, 5) is 33.2. The van der Waals surface area contributed by atoms with Crippen LogP contribution in [0, 0.1) is 34.0 Å². The summed E-state index contributed by atoms with van der Waals surface area (Å²) in [7, 11) is 0. The van der Waals surface area contributed by atoms with Gasteiger partial charge in [-0.25, -0.2) is 0 Å². The third-order valence-corrected chi connectivity index (χ3v) is 7.09. The SMILES string of the molecule is CC(=O)C1=CC=C(C)C(NC(=O)CC(C)N=O)C1.CCC(C)CCC(CC)C1C=CC(C#N)=CC1. The molecular weight excluding hydrogens is 438 g/mol. The topological polar surface area (TPSA) is 99.4 Å². The zero-order chi connectivity index (χ0) is 26.4. The summed E-state index contributed by atoms with van der Waals surface area (Å²) in [6.45, 7) is 11.9. The van der Waals surface area contributed by atoms with Gasteiger partial charge in [0.1, 0.15) is 0 Å². The maximum Gasteiger partial charge on any atom is 0.222 e. The molecule has 0 aliphatic heterocycles. The van der Waals surface area contributed by atoms with Crippen molar-refractivity contribution < 1.29 is 9.59 Å². The van der Waals surface area contributed by atoms with Gasteiger partial charge < -0.3 is 5.32 Å². The number of hydrogen-bond donors (Lipinski definition) is 1. The second kappa shape index (κ2) is 16.0. The van der Waals surface area contributed by atoms with E-state index in [0.717, 1.165) is 29.4 Å². The van der Waals surface area contributed by atoms with Crippen molar-refractivity contribution >= 4 is 11.7 Å². The highest BCUT2D eigenvalue weighted by molar-refractivity contribution is 5.94. The number of Topliss-reactive ketones (excluding diaryl/α,β-unsaturated/α-hetero) is 1. The molecule has 6 heteroatoms. The molecule has 1 N–H and O–H groups in total. The van der Waals surface area contributed by atoms with Crippen molar-refractivity contribution in [3.8, 4) is 6.07 Å². The molecule has 0 aromatic heterocycles. The van der Waals surface area contributed by atoms with Crippen LogP contribution in [0.4, 0.5) is 0 Å². The van der Waals surface area contributed by atoms with E-state index in [4.69, 9.17) is 5.26 Å². The minimum Gasteiger partial charge on any atom is -0.349 e. The lowest BCUT2D eigenvalue weighted by Crippen LogP contribution is -2.38. The Morgan fingerprint density at radius 3 is 2.43 bits per heavy atom. The Hall–Kier alpha value is -2.81. The van der Waals surface area contributed by atoms with Gasteiger partial charge in [0.2, 0.25) is 5.91 Å². The van der Waals surface area contributed by atoms with Gasteiger partial charge in [0.05, 0.1) is 24.6 Å². The number of amides is 1. The number of allylic oxidation sites excluding steroid dienone is 6. The number of carbonyl (C=O) groups excluding carboxylic acids is 2. The summed E-state index contributed by atoms with van der Waals surface area (Å²) in [5.74, 6) is 2.09. The summed E-state index contributed by atoms with van der Waals surface area (Å²) in [5, 5.41) is 14.4. The lowest BCUT2D eigenvalue weighted by atomic mass is 9.80. The first-order chi connectivity index (χ1) is 16.6. The third-order valence-electron chi connectivity index (χ3n) is 7.09. The predicted molar refractivity (Wildman–Crippen MR) is 142 cm³/mol. The quantitative estimate of drug-likeness (QED) is 0.330. The van der Waals surface area contributed by atoms with Crippen molar-refractivity contribution in [1.82, 2.24) is 5.32 Å². The van der Waals surface area contributed by atoms with Gasteiger partial charge in [0.25, 0.3) is 0 Å². The van der Waals surface area contributed by atoms with Crippen molar-refractivity contribution in [3.63, 3.8) is 0 Å². The van der Waals surface area contributed by atoms with E-state index in [-0.39, 0.29) is 24.2 Å². The Kier molecular flexibility index (Phi) is 13.8. The molecule has 0 bridgehead atoms. The fraction of sp³-hybridized carbons (Fsp3) is 0.621. The molecule has 35 heavy (non-hydrogen) atoms. The van der Waals surface area contributed by atoms with Gasteiger partial charge in [-0.3, -0.25) is 9.59 Å². The van der Waals surface area contributed by atoms with Crippen LogP contribution in [0.5, 0.6) is 0 Å². The Balaban J connectivity index is 0.000000351. The van der Waals surface area contributed by atoms with E-state index in [1.54, 1.807) is 13.0 Å². The first-order valence-electron chi connectivity index (χ1n) is 12.9. The van der Waals surface area contributed by atoms with Crippen LogP contribution in [0.2, 0.25) is 0 Å². The van der Waals surface area contributed by atoms with E-state index >= 15 is 0 Å². The Labute approximate surface area is 211 Å². The van der Waals surface area contributed by atoms with Gasteiger partial charge in [-0.2, -0.15) is 10.2 Å². The number of nitrogens with one attached hydrogen (secondary N) is 1. The number of nitriles is 1. The summed E-state index contributed by atoms with van der Waals surface area (Å²) in [6, 6.07) is 1.52. The largest absolute Gasteiger partial charge is 0.349 e. The van der Waals surface area contributed by atoms with E-state index in [1.165, 1.54) is 32.6 Å². The van der Waals surface area contributed by atoms with Crippen molar-refractivity contribution in [3.05, 3.63) is 52.0 Å². The average molecular weight is 482 g/mol. The molecule has 0 heterocycles. The molecule has 192 valence electrons. The normalized spacial score (nSPS) is 21.6. The van der Waals surface area contributed by atoms with E-state index in [0.29, 0.717) is 17.9 Å². The Bertz CT molecular complexity index is 891. The van der Waals surface area contributed by atoms with Crippen LogP contribution in [0.3, 0.4) is 0 Å². The summed E-state index contributed by atoms with van der Waals surface area (Å²) >= 11 is 0. The number of hydrogen-bond acceptors (Lipinski definition) is 5. The molecule has 0 aromatic carbocycles. The predicted octanol–water partition coefficient (Wildman–Crippen LogP) is 6.75. The lowest BCUT2D eigenvalue weighted by Gasteiger charge is -2.25. The van der Waals surface area contributed by atoms with Crippen molar-refractivity contribution in [2.45, 2.75) is 98.6 Å². The number of nitroso groups, excluding NO2 is 1. The number of nitrogens with zero attached hydrogens (tertiary/aromatic N) is 2. The second-order valence-electron chi connectivity index (χ2n) is 9.93. The van der Waals surface area contributed by atoms with Crippen molar-refractivity contribution in [2.75, 3.05) is 0 Å². The first kappa shape index (κ1) is 30.2. The number of carbonyl (C=O) groups is 2. The van der Waals surface area contributed by atoms with Crippen LogP contribution >= 0.6 is 0 Å². The molecule has 2 aliphatic rings. The number of ketones is 1. The van der Waals surface area contributed by atoms with Gasteiger partial charge in [-0.15, -0.1) is 0 Å². The van der Waals surface area contributed by atoms with E-state index in [9.17, 15) is 14.5 Å². The zero-order valence-corrected chi connectivity index (χ0v) is 22.3. The maximum atomic E-state index is 11.7. The molecule has 2 aliphatic carbocycles. The van der Waals surface area contributed by atoms with Crippen LogP contribution in [0.1, 0.15) is 86.5 Å². The zero-order valence-electron chi connectivity index (χ0n) is 22.3. The highest BCUT2D eigenvalue weighted by Crippen LogP contribution is 2.30. The summed E-state index contributed by atoms with van der Waals surface area (Å²) in [5.41, 5.74) is 2.53. The standard InChI is InChI=1S/C16H25N.C13H18N2O3/c1-4-13(3)6-9-15(5-2)16-10-7-14(12-17)8-11-16;1-8-4-5-11(10(3)16)7-12(8)14-13(17)6-9(2)15-18/h7-8,10,13,15-16H,4-6,9,11H2,1-3H3;4-5,9,12H,6-7H2,1-3H3,(H,14,17). The molecule has 5 atom stereocenters. The van der Waals surface area contributed by atoms with E-state index in [1.807, 2.05) is 19.1 Å². The highest BCUT2D eigenvalue weighted by Gasteiger charge is 2.22. The fourth-order valence-electron chi connectivity index (χ4n) is 4.28. The van der Waals surface area contributed by atoms with Crippen LogP contribution in [-0.4, -0.2) is 23.8 Å².